The number of nitrogens with two attached hydrogens (primary N) is 1. The number of hydrogen-bond acceptors (Lipinski definition) is 3. The summed E-state index contributed by atoms with van der Waals surface area (Å²) in [6.45, 7) is 9.37. The predicted molar refractivity (Wildman–Crippen MR) is 103 cm³/mol. The molecule has 1 atom stereocenters. The molecule has 0 fully saturated rings. The number of aliphatic hydroxyl groups is 1. The quantitative estimate of drug-likeness (QED) is 0.359. The highest BCUT2D eigenvalue weighted by Crippen LogP contribution is 2.13. The van der Waals surface area contributed by atoms with E-state index in [1.54, 1.807) is 0 Å². The zero-order valence-electron chi connectivity index (χ0n) is 13.8. The van der Waals surface area contributed by atoms with Gasteiger partial charge in [-0.3, -0.25) is 4.99 Å². The van der Waals surface area contributed by atoms with Gasteiger partial charge in [0.15, 0.2) is 5.96 Å². The number of aryl methyl sites for hydroxylation is 2. The van der Waals surface area contributed by atoms with E-state index >= 15 is 0 Å². The Morgan fingerprint density at radius 3 is 2.55 bits per heavy atom. The van der Waals surface area contributed by atoms with Gasteiger partial charge in [-0.2, -0.15) is 0 Å². The number of anilines is 1. The third kappa shape index (κ3) is 8.55. The van der Waals surface area contributed by atoms with Crippen molar-refractivity contribution in [1.29, 1.82) is 0 Å². The van der Waals surface area contributed by atoms with Crippen LogP contribution < -0.4 is 11.1 Å². The van der Waals surface area contributed by atoms with Crippen molar-refractivity contribution in [2.75, 3.05) is 25.1 Å². The van der Waals surface area contributed by atoms with Gasteiger partial charge in [-0.1, -0.05) is 19.9 Å². The van der Waals surface area contributed by atoms with E-state index in [-0.39, 0.29) is 37.1 Å². The normalized spacial score (nSPS) is 12.9. The standard InChI is InChI=1S/C16H27N3O2.HI/c1-11(2)9-21-10-15(20)8-18-16(17)19-14-6-5-12(3)13(4)7-14;/h5-7,11,15,20H,8-10H2,1-4H3,(H3,17,18,19);1H. The Morgan fingerprint density at radius 2 is 1.95 bits per heavy atom. The fraction of sp³-hybridized carbons (Fsp3) is 0.562. The second-order valence-electron chi connectivity index (χ2n) is 5.74. The van der Waals surface area contributed by atoms with Crippen LogP contribution in [0.15, 0.2) is 23.2 Å². The number of halogens is 1. The second kappa shape index (κ2) is 10.8. The highest BCUT2D eigenvalue weighted by Gasteiger charge is 2.05. The molecule has 6 heteroatoms. The SMILES string of the molecule is Cc1ccc(NC(N)=NCC(O)COCC(C)C)cc1C.I. The van der Waals surface area contributed by atoms with Crippen LogP contribution in [0.5, 0.6) is 0 Å². The first-order valence-electron chi connectivity index (χ1n) is 7.28. The van der Waals surface area contributed by atoms with Crippen molar-refractivity contribution in [2.45, 2.75) is 33.8 Å². The van der Waals surface area contributed by atoms with Gasteiger partial charge in [0.2, 0.25) is 0 Å². The fourth-order valence-electron chi connectivity index (χ4n) is 1.70. The molecule has 0 spiro atoms. The number of nitrogens with one attached hydrogen (secondary N) is 1. The van der Waals surface area contributed by atoms with Crippen LogP contribution in [-0.2, 0) is 4.74 Å². The molecular formula is C16H28IN3O2. The van der Waals surface area contributed by atoms with Crippen LogP contribution in [0.3, 0.4) is 0 Å². The second-order valence-corrected chi connectivity index (χ2v) is 5.74. The molecule has 0 heterocycles. The summed E-state index contributed by atoms with van der Waals surface area (Å²) in [5, 5.41) is 12.8. The minimum Gasteiger partial charge on any atom is -0.389 e. The summed E-state index contributed by atoms with van der Waals surface area (Å²) < 4.78 is 5.36. The van der Waals surface area contributed by atoms with Crippen LogP contribution in [0.4, 0.5) is 5.69 Å². The van der Waals surface area contributed by atoms with E-state index in [2.05, 4.69) is 31.1 Å². The number of aliphatic hydroxyl groups excluding tert-OH is 1. The minimum absolute atomic E-state index is 0. The van der Waals surface area contributed by atoms with E-state index in [1.807, 2.05) is 25.1 Å². The zero-order valence-corrected chi connectivity index (χ0v) is 16.1. The van der Waals surface area contributed by atoms with Crippen molar-refractivity contribution in [1.82, 2.24) is 0 Å². The summed E-state index contributed by atoms with van der Waals surface area (Å²) in [5.74, 6) is 0.748. The van der Waals surface area contributed by atoms with E-state index in [1.165, 1.54) is 11.1 Å². The average Bonchev–Trinajstić information content (AvgIpc) is 2.40. The Balaban J connectivity index is 0.00000441. The summed E-state index contributed by atoms with van der Waals surface area (Å²) in [7, 11) is 0. The van der Waals surface area contributed by atoms with Gasteiger partial charge in [-0.15, -0.1) is 24.0 Å². The molecule has 0 saturated heterocycles. The highest BCUT2D eigenvalue weighted by atomic mass is 127. The number of guanidine groups is 1. The van der Waals surface area contributed by atoms with E-state index in [0.717, 1.165) is 5.69 Å². The molecule has 0 aliphatic heterocycles. The summed E-state index contributed by atoms with van der Waals surface area (Å²) >= 11 is 0. The Bertz CT molecular complexity index is 478. The zero-order chi connectivity index (χ0) is 15.8. The number of rotatable bonds is 7. The molecule has 1 aromatic rings. The van der Waals surface area contributed by atoms with Gasteiger partial charge >= 0.3 is 0 Å². The first-order chi connectivity index (χ1) is 9.88. The lowest BCUT2D eigenvalue weighted by Crippen LogP contribution is -2.26. The monoisotopic (exact) mass is 421 g/mol. The van der Waals surface area contributed by atoms with Crippen LogP contribution in [0.1, 0.15) is 25.0 Å². The van der Waals surface area contributed by atoms with Crippen molar-refractivity contribution in [2.24, 2.45) is 16.6 Å². The highest BCUT2D eigenvalue weighted by molar-refractivity contribution is 14.0. The van der Waals surface area contributed by atoms with Crippen molar-refractivity contribution in [3.63, 3.8) is 0 Å². The lowest BCUT2D eigenvalue weighted by molar-refractivity contribution is 0.0302. The van der Waals surface area contributed by atoms with E-state index < -0.39 is 6.10 Å². The molecule has 126 valence electrons. The fourth-order valence-corrected chi connectivity index (χ4v) is 1.70. The van der Waals surface area contributed by atoms with Gasteiger partial charge in [-0.05, 0) is 43.0 Å². The molecule has 1 unspecified atom stereocenters. The minimum atomic E-state index is -0.635. The molecule has 0 aromatic heterocycles. The molecule has 0 radical (unpaired) electrons. The van der Waals surface area contributed by atoms with Gasteiger partial charge in [0.25, 0.3) is 0 Å². The maximum absolute atomic E-state index is 9.74. The molecule has 0 amide bonds. The maximum atomic E-state index is 9.74. The number of aliphatic imine (C=N–C) groups is 1. The lowest BCUT2D eigenvalue weighted by atomic mass is 10.1. The van der Waals surface area contributed by atoms with Crippen LogP contribution in [0.2, 0.25) is 0 Å². The molecule has 5 nitrogen and oxygen atoms in total. The molecule has 0 saturated carbocycles. The van der Waals surface area contributed by atoms with Crippen LogP contribution in [-0.4, -0.2) is 36.9 Å². The van der Waals surface area contributed by atoms with Crippen LogP contribution in [0, 0.1) is 19.8 Å². The van der Waals surface area contributed by atoms with Crippen molar-refractivity contribution in [3.05, 3.63) is 29.3 Å². The number of benzene rings is 1. The van der Waals surface area contributed by atoms with Crippen LogP contribution >= 0.6 is 24.0 Å². The summed E-state index contributed by atoms with van der Waals surface area (Å²) in [5.41, 5.74) is 9.12. The lowest BCUT2D eigenvalue weighted by Gasteiger charge is -2.12. The van der Waals surface area contributed by atoms with Gasteiger partial charge in [-0.25, -0.2) is 0 Å². The largest absolute Gasteiger partial charge is 0.389 e. The van der Waals surface area contributed by atoms with Gasteiger partial charge in [0.05, 0.1) is 19.3 Å². The average molecular weight is 421 g/mol. The summed E-state index contributed by atoms with van der Waals surface area (Å²) in [6, 6.07) is 5.99. The first kappa shape index (κ1) is 21.1. The van der Waals surface area contributed by atoms with Crippen molar-refractivity contribution < 1.29 is 9.84 Å². The summed E-state index contributed by atoms with van der Waals surface area (Å²) in [6.07, 6.45) is -0.635. The Kier molecular flexibility index (Phi) is 10.4. The number of ether oxygens (including phenoxy) is 1. The van der Waals surface area contributed by atoms with E-state index in [0.29, 0.717) is 18.5 Å². The molecule has 1 rings (SSSR count). The number of hydrogen-bond donors (Lipinski definition) is 3. The smallest absolute Gasteiger partial charge is 0.193 e. The maximum Gasteiger partial charge on any atom is 0.193 e. The van der Waals surface area contributed by atoms with Gasteiger partial charge in [0.1, 0.15) is 0 Å². The molecule has 0 bridgehead atoms. The molecule has 4 N–H and O–H groups in total. The molecule has 1 aromatic carbocycles. The summed E-state index contributed by atoms with van der Waals surface area (Å²) in [4.78, 5) is 4.12. The third-order valence-corrected chi connectivity index (χ3v) is 3.01. The Labute approximate surface area is 150 Å². The van der Waals surface area contributed by atoms with Gasteiger partial charge < -0.3 is 20.9 Å². The predicted octanol–water partition coefficient (Wildman–Crippen LogP) is 2.68. The molecule has 0 aliphatic carbocycles. The Hall–Kier alpha value is -0.860. The van der Waals surface area contributed by atoms with E-state index in [9.17, 15) is 5.11 Å². The van der Waals surface area contributed by atoms with Crippen molar-refractivity contribution >= 4 is 35.6 Å². The van der Waals surface area contributed by atoms with Crippen molar-refractivity contribution in [3.8, 4) is 0 Å². The molecule has 0 aliphatic rings. The molecule has 22 heavy (non-hydrogen) atoms. The van der Waals surface area contributed by atoms with Gasteiger partial charge in [0, 0.05) is 12.3 Å². The molecular weight excluding hydrogens is 393 g/mol. The number of nitrogens with zero attached hydrogens (tertiary/aromatic N) is 1. The van der Waals surface area contributed by atoms with E-state index in [4.69, 9.17) is 10.5 Å². The van der Waals surface area contributed by atoms with Crippen LogP contribution in [0.25, 0.3) is 0 Å². The third-order valence-electron chi connectivity index (χ3n) is 3.01. The first-order valence-corrected chi connectivity index (χ1v) is 7.28. The Morgan fingerprint density at radius 1 is 1.27 bits per heavy atom. The topological polar surface area (TPSA) is 79.9 Å².